The third-order valence-electron chi connectivity index (χ3n) is 2.67. The maximum absolute atomic E-state index is 11.8. The van der Waals surface area contributed by atoms with Gasteiger partial charge in [-0.05, 0) is 25.0 Å². The number of amides is 1. The second-order valence-corrected chi connectivity index (χ2v) is 5.56. The van der Waals surface area contributed by atoms with Crippen molar-refractivity contribution in [2.45, 2.75) is 23.8 Å². The van der Waals surface area contributed by atoms with Crippen LogP contribution in [0.15, 0.2) is 29.2 Å². The maximum atomic E-state index is 11.8. The monoisotopic (exact) mass is 270 g/mol. The Morgan fingerprint density at radius 3 is 2.72 bits per heavy atom. The number of ether oxygens (including phenoxy) is 1. The molecule has 2 rings (SSSR count). The molecular weight excluding hydrogens is 256 g/mol. The Kier molecular flexibility index (Phi) is 3.65. The van der Waals surface area contributed by atoms with Gasteiger partial charge in [0.15, 0.2) is 0 Å². The summed E-state index contributed by atoms with van der Waals surface area (Å²) in [5.74, 6) is -0.344. The van der Waals surface area contributed by atoms with Gasteiger partial charge in [0, 0.05) is 6.61 Å². The minimum Gasteiger partial charge on any atom is -0.368 e. The van der Waals surface area contributed by atoms with E-state index in [9.17, 15) is 13.2 Å². The van der Waals surface area contributed by atoms with E-state index in [-0.39, 0.29) is 16.5 Å². The van der Waals surface area contributed by atoms with Gasteiger partial charge >= 0.3 is 0 Å². The van der Waals surface area contributed by atoms with Crippen molar-refractivity contribution in [2.75, 3.05) is 11.9 Å². The van der Waals surface area contributed by atoms with Crippen LogP contribution in [0.4, 0.5) is 5.69 Å². The zero-order valence-electron chi connectivity index (χ0n) is 9.63. The van der Waals surface area contributed by atoms with Crippen LogP contribution in [0, 0.1) is 0 Å². The van der Waals surface area contributed by atoms with E-state index in [2.05, 4.69) is 5.32 Å². The van der Waals surface area contributed by atoms with Gasteiger partial charge in [-0.15, -0.1) is 0 Å². The molecule has 0 aliphatic carbocycles. The first-order chi connectivity index (χ1) is 8.48. The molecule has 0 aromatic heterocycles. The number of nitrogens with one attached hydrogen (secondary N) is 1. The van der Waals surface area contributed by atoms with E-state index >= 15 is 0 Å². The Morgan fingerprint density at radius 2 is 2.11 bits per heavy atom. The average molecular weight is 270 g/mol. The van der Waals surface area contributed by atoms with Crippen molar-refractivity contribution in [3.63, 3.8) is 0 Å². The van der Waals surface area contributed by atoms with E-state index < -0.39 is 16.1 Å². The number of nitrogens with two attached hydrogens (primary N) is 1. The van der Waals surface area contributed by atoms with E-state index in [1.165, 1.54) is 12.1 Å². The van der Waals surface area contributed by atoms with Gasteiger partial charge in [0.05, 0.1) is 5.69 Å². The van der Waals surface area contributed by atoms with Gasteiger partial charge in [-0.2, -0.15) is 0 Å². The summed E-state index contributed by atoms with van der Waals surface area (Å²) in [6.45, 7) is 0.551. The fourth-order valence-electron chi connectivity index (χ4n) is 1.82. The van der Waals surface area contributed by atoms with Crippen LogP contribution >= 0.6 is 0 Å². The molecule has 1 aromatic carbocycles. The fourth-order valence-corrected chi connectivity index (χ4v) is 2.51. The molecule has 3 N–H and O–H groups in total. The first-order valence-corrected chi connectivity index (χ1v) is 7.07. The Bertz CT molecular complexity index is 550. The number of sulfonamides is 1. The number of carbonyl (C=O) groups is 1. The number of anilines is 1. The second-order valence-electron chi connectivity index (χ2n) is 4.03. The number of primary sulfonamides is 1. The summed E-state index contributed by atoms with van der Waals surface area (Å²) in [6.07, 6.45) is 0.955. The van der Waals surface area contributed by atoms with Gasteiger partial charge in [0.2, 0.25) is 10.0 Å². The Balaban J connectivity index is 2.21. The molecule has 18 heavy (non-hydrogen) atoms. The highest BCUT2D eigenvalue weighted by molar-refractivity contribution is 7.89. The zero-order valence-corrected chi connectivity index (χ0v) is 10.4. The lowest BCUT2D eigenvalue weighted by Crippen LogP contribution is -2.28. The topological polar surface area (TPSA) is 98.5 Å². The van der Waals surface area contributed by atoms with Gasteiger partial charge in [-0.3, -0.25) is 4.79 Å². The highest BCUT2D eigenvalue weighted by Crippen LogP contribution is 2.21. The van der Waals surface area contributed by atoms with Gasteiger partial charge in [0.1, 0.15) is 11.0 Å². The van der Waals surface area contributed by atoms with E-state index in [0.717, 1.165) is 6.42 Å². The molecule has 6 nitrogen and oxygen atoms in total. The summed E-state index contributed by atoms with van der Waals surface area (Å²) in [5.41, 5.74) is 0.181. The predicted molar refractivity (Wildman–Crippen MR) is 65.4 cm³/mol. The van der Waals surface area contributed by atoms with Crippen LogP contribution in [0.2, 0.25) is 0 Å². The number of carbonyl (C=O) groups excluding carboxylic acids is 1. The summed E-state index contributed by atoms with van der Waals surface area (Å²) in [5, 5.41) is 7.61. The van der Waals surface area contributed by atoms with Gasteiger partial charge in [-0.25, -0.2) is 13.6 Å². The Labute approximate surface area is 105 Å². The first kappa shape index (κ1) is 13.0. The summed E-state index contributed by atoms with van der Waals surface area (Å²) < 4.78 is 27.9. The van der Waals surface area contributed by atoms with E-state index in [1.54, 1.807) is 12.1 Å². The number of rotatable bonds is 3. The van der Waals surface area contributed by atoms with Crippen molar-refractivity contribution in [2.24, 2.45) is 5.14 Å². The maximum Gasteiger partial charge on any atom is 0.253 e. The number of hydrogen-bond acceptors (Lipinski definition) is 4. The lowest BCUT2D eigenvalue weighted by molar-refractivity contribution is -0.124. The number of hydrogen-bond donors (Lipinski definition) is 2. The highest BCUT2D eigenvalue weighted by Gasteiger charge is 2.25. The van der Waals surface area contributed by atoms with Crippen molar-refractivity contribution in [1.29, 1.82) is 0 Å². The second kappa shape index (κ2) is 5.05. The first-order valence-electron chi connectivity index (χ1n) is 5.53. The minimum atomic E-state index is -3.86. The predicted octanol–water partition coefficient (Wildman–Crippen LogP) is 0.451. The molecule has 1 unspecified atom stereocenters. The minimum absolute atomic E-state index is 0.101. The van der Waals surface area contributed by atoms with Crippen LogP contribution in [-0.2, 0) is 19.6 Å². The van der Waals surface area contributed by atoms with Crippen molar-refractivity contribution >= 4 is 21.6 Å². The van der Waals surface area contributed by atoms with Crippen LogP contribution in [0.1, 0.15) is 12.8 Å². The molecule has 1 aliphatic heterocycles. The molecule has 98 valence electrons. The molecule has 1 fully saturated rings. The van der Waals surface area contributed by atoms with Gasteiger partial charge < -0.3 is 10.1 Å². The summed E-state index contributed by atoms with van der Waals surface area (Å²) in [6, 6.07) is 6.01. The molecule has 1 heterocycles. The average Bonchev–Trinajstić information content (AvgIpc) is 2.81. The van der Waals surface area contributed by atoms with Crippen molar-refractivity contribution in [3.05, 3.63) is 24.3 Å². The Morgan fingerprint density at radius 1 is 1.39 bits per heavy atom. The molecule has 1 saturated heterocycles. The Hall–Kier alpha value is -1.44. The lowest BCUT2D eigenvalue weighted by Gasteiger charge is -2.12. The third kappa shape index (κ3) is 2.87. The number of benzene rings is 1. The molecule has 1 aromatic rings. The van der Waals surface area contributed by atoms with Crippen LogP contribution in [0.5, 0.6) is 0 Å². The molecule has 7 heteroatoms. The summed E-state index contributed by atoms with van der Waals surface area (Å²) in [4.78, 5) is 11.7. The van der Waals surface area contributed by atoms with Crippen LogP contribution < -0.4 is 10.5 Å². The summed E-state index contributed by atoms with van der Waals surface area (Å²) >= 11 is 0. The molecule has 1 amide bonds. The molecule has 0 radical (unpaired) electrons. The van der Waals surface area contributed by atoms with Gasteiger partial charge in [-0.1, -0.05) is 12.1 Å². The highest BCUT2D eigenvalue weighted by atomic mass is 32.2. The fraction of sp³-hybridized carbons (Fsp3) is 0.364. The van der Waals surface area contributed by atoms with Crippen molar-refractivity contribution in [3.8, 4) is 0 Å². The standard InChI is InChI=1S/C11H14N2O4S/c12-18(15,16)10-6-2-1-4-8(10)13-11(14)9-5-3-7-17-9/h1-2,4,6,9H,3,5,7H2,(H,13,14)(H2,12,15,16). The molecular formula is C11H14N2O4S. The van der Waals surface area contributed by atoms with E-state index in [4.69, 9.17) is 9.88 Å². The third-order valence-corrected chi connectivity index (χ3v) is 3.64. The molecule has 0 spiro atoms. The molecule has 0 saturated carbocycles. The molecule has 1 aliphatic rings. The quantitative estimate of drug-likeness (QED) is 0.833. The zero-order chi connectivity index (χ0) is 13.2. The normalized spacial score (nSPS) is 19.7. The van der Waals surface area contributed by atoms with E-state index in [1.807, 2.05) is 0 Å². The van der Waals surface area contributed by atoms with Crippen molar-refractivity contribution < 1.29 is 17.9 Å². The lowest BCUT2D eigenvalue weighted by atomic mass is 10.2. The molecule has 0 bridgehead atoms. The smallest absolute Gasteiger partial charge is 0.253 e. The van der Waals surface area contributed by atoms with Gasteiger partial charge in [0.25, 0.3) is 5.91 Å². The summed E-state index contributed by atoms with van der Waals surface area (Å²) in [7, 11) is -3.86. The van der Waals surface area contributed by atoms with E-state index in [0.29, 0.717) is 13.0 Å². The van der Waals surface area contributed by atoms with Crippen LogP contribution in [-0.4, -0.2) is 27.0 Å². The number of para-hydroxylation sites is 1. The van der Waals surface area contributed by atoms with Crippen LogP contribution in [0.3, 0.4) is 0 Å². The largest absolute Gasteiger partial charge is 0.368 e. The SMILES string of the molecule is NS(=O)(=O)c1ccccc1NC(=O)C1CCCO1. The van der Waals surface area contributed by atoms with Crippen LogP contribution in [0.25, 0.3) is 0 Å². The molecule has 1 atom stereocenters. The van der Waals surface area contributed by atoms with Crippen molar-refractivity contribution in [1.82, 2.24) is 0 Å².